The molecule has 4 nitrogen and oxygen atoms in total. The first-order chi connectivity index (χ1) is 26.3. The van der Waals surface area contributed by atoms with Crippen molar-refractivity contribution in [3.63, 3.8) is 0 Å². The first-order valence-electron chi connectivity index (χ1n) is 18.0. The van der Waals surface area contributed by atoms with E-state index in [0.717, 1.165) is 89.2 Å². The highest BCUT2D eigenvalue weighted by Gasteiger charge is 2.41. The summed E-state index contributed by atoms with van der Waals surface area (Å²) in [5.41, 5.74) is 13.8. The van der Waals surface area contributed by atoms with Crippen LogP contribution in [-0.2, 0) is 0 Å². The van der Waals surface area contributed by atoms with Crippen molar-refractivity contribution in [1.82, 2.24) is 4.57 Å². The Morgan fingerprint density at radius 2 is 1.11 bits per heavy atom. The summed E-state index contributed by atoms with van der Waals surface area (Å²) in [5.74, 6) is 2.46. The lowest BCUT2D eigenvalue weighted by molar-refractivity contribution is 0.480. The number of furan rings is 1. The van der Waals surface area contributed by atoms with Gasteiger partial charge in [-0.25, -0.2) is 0 Å². The maximum absolute atomic E-state index is 6.94. The van der Waals surface area contributed by atoms with Gasteiger partial charge < -0.3 is 18.4 Å². The number of hydrogen-bond acceptors (Lipinski definition) is 3. The Hall–Kier alpha value is -6.98. The van der Waals surface area contributed by atoms with Crippen LogP contribution >= 0.6 is 0 Å². The van der Waals surface area contributed by atoms with Gasteiger partial charge in [-0.05, 0) is 76.9 Å². The third-order valence-electron chi connectivity index (χ3n) is 11.1. The van der Waals surface area contributed by atoms with Gasteiger partial charge in [-0.3, -0.25) is 0 Å². The van der Waals surface area contributed by atoms with E-state index in [-0.39, 0.29) is 6.92 Å². The van der Waals surface area contributed by atoms with E-state index in [2.05, 4.69) is 156 Å². The van der Waals surface area contributed by atoms with Crippen LogP contribution in [0.1, 0.15) is 0 Å². The summed E-state index contributed by atoms with van der Waals surface area (Å²) in [5, 5.41) is 4.71. The molecule has 53 heavy (non-hydrogen) atoms. The number of aromatic nitrogens is 1. The minimum absolute atomic E-state index is 0.298. The van der Waals surface area contributed by atoms with Crippen LogP contribution in [0.3, 0.4) is 0 Å². The molecule has 5 heteroatoms. The van der Waals surface area contributed by atoms with Crippen molar-refractivity contribution >= 4 is 61.6 Å². The van der Waals surface area contributed by atoms with Crippen LogP contribution in [0.2, 0.25) is 0 Å². The van der Waals surface area contributed by atoms with Crippen LogP contribution in [0, 0.1) is 0 Å². The van der Waals surface area contributed by atoms with E-state index in [0.29, 0.717) is 0 Å². The monoisotopic (exact) mass is 677 g/mol. The number of para-hydroxylation sites is 5. The Balaban J connectivity index is 1.01. The molecule has 0 unspecified atom stereocenters. The van der Waals surface area contributed by atoms with Gasteiger partial charge in [0.05, 0.1) is 11.0 Å². The topological polar surface area (TPSA) is 36.5 Å². The van der Waals surface area contributed by atoms with Crippen LogP contribution in [0.5, 0.6) is 17.2 Å². The molecule has 12 rings (SSSR count). The third-order valence-corrected chi connectivity index (χ3v) is 11.1. The number of nitrogens with zero attached hydrogens (tertiary/aromatic N) is 1. The molecule has 2 aliphatic heterocycles. The van der Waals surface area contributed by atoms with E-state index in [1.807, 2.05) is 18.2 Å². The van der Waals surface area contributed by atoms with Crippen molar-refractivity contribution in [3.8, 4) is 56.3 Å². The van der Waals surface area contributed by atoms with Gasteiger partial charge in [0.1, 0.15) is 28.4 Å². The fourth-order valence-corrected chi connectivity index (χ4v) is 8.69. The van der Waals surface area contributed by atoms with Gasteiger partial charge in [0.15, 0.2) is 0 Å². The maximum Gasteiger partial charge on any atom is 0.434 e. The first-order valence-corrected chi connectivity index (χ1v) is 18.0. The highest BCUT2D eigenvalue weighted by atomic mass is 16.5. The molecule has 0 spiro atoms. The van der Waals surface area contributed by atoms with Gasteiger partial charge in [-0.1, -0.05) is 115 Å². The molecule has 10 aromatic rings. The molecule has 8 aromatic carbocycles. The van der Waals surface area contributed by atoms with Gasteiger partial charge in [-0.2, -0.15) is 0 Å². The number of fused-ring (bicyclic) bond motifs is 10. The Labute approximate surface area is 305 Å². The minimum atomic E-state index is -0.298. The van der Waals surface area contributed by atoms with Gasteiger partial charge in [0.25, 0.3) is 0 Å². The van der Waals surface area contributed by atoms with Crippen molar-refractivity contribution in [3.05, 3.63) is 170 Å². The molecular formula is C48H28BNO3. The van der Waals surface area contributed by atoms with Crippen LogP contribution < -0.4 is 20.3 Å². The van der Waals surface area contributed by atoms with Crippen LogP contribution in [-0.4, -0.2) is 11.5 Å². The predicted octanol–water partition coefficient (Wildman–Crippen LogP) is 11.3. The second-order valence-corrected chi connectivity index (χ2v) is 14.0. The number of hydrogen-bond donors (Lipinski definition) is 0. The minimum Gasteiger partial charge on any atom is -0.551 e. The Kier molecular flexibility index (Phi) is 5.83. The zero-order chi connectivity index (χ0) is 34.6. The maximum atomic E-state index is 6.94. The SMILES string of the molecule is c1cc(-c2ccc3c(c2)Oc2cc(-c4cccc5c4oc4ccccc45)cc4c2B3Oc2ccccc2-4)cc(-n2c3ccccc3c3ccccc32)c1. The lowest BCUT2D eigenvalue weighted by Crippen LogP contribution is -2.53. The van der Waals surface area contributed by atoms with Crippen molar-refractivity contribution in [2.45, 2.75) is 0 Å². The summed E-state index contributed by atoms with van der Waals surface area (Å²) in [6.45, 7) is -0.298. The lowest BCUT2D eigenvalue weighted by atomic mass is 9.50. The second-order valence-electron chi connectivity index (χ2n) is 14.0. The van der Waals surface area contributed by atoms with E-state index in [4.69, 9.17) is 13.8 Å². The molecule has 0 radical (unpaired) electrons. The van der Waals surface area contributed by atoms with E-state index < -0.39 is 0 Å². The van der Waals surface area contributed by atoms with Gasteiger partial charge in [0, 0.05) is 49.3 Å². The van der Waals surface area contributed by atoms with E-state index in [1.165, 1.54) is 21.8 Å². The third kappa shape index (κ3) is 4.13. The van der Waals surface area contributed by atoms with Crippen molar-refractivity contribution < 1.29 is 13.8 Å². The van der Waals surface area contributed by atoms with E-state index >= 15 is 0 Å². The summed E-state index contributed by atoms with van der Waals surface area (Å²) >= 11 is 0. The lowest BCUT2D eigenvalue weighted by Gasteiger charge is -2.33. The van der Waals surface area contributed by atoms with Crippen LogP contribution in [0.25, 0.3) is 82.8 Å². The highest BCUT2D eigenvalue weighted by Crippen LogP contribution is 2.44. The Bertz CT molecular complexity index is 3100. The standard InChI is InChI=1S/C48H28BNO3/c1-5-19-41-34(13-1)35-14-2-6-20-42(35)50(41)32-12-9-11-29(25-32)30-23-24-40-45(27-30)51-46-28-31(26-39-37-16-4-8-22-44(37)53-49(40)47(39)46)33-17-10-18-38-36-15-3-7-21-43(36)52-48(33)38/h1-28H. The molecule has 2 aliphatic rings. The average Bonchev–Trinajstić information content (AvgIpc) is 3.77. The zero-order valence-electron chi connectivity index (χ0n) is 28.4. The van der Waals surface area contributed by atoms with Crippen molar-refractivity contribution in [2.24, 2.45) is 0 Å². The highest BCUT2D eigenvalue weighted by molar-refractivity contribution is 6.84. The van der Waals surface area contributed by atoms with Gasteiger partial charge in [-0.15, -0.1) is 0 Å². The second kappa shape index (κ2) is 10.8. The largest absolute Gasteiger partial charge is 0.551 e. The van der Waals surface area contributed by atoms with E-state index in [9.17, 15) is 0 Å². The molecule has 0 atom stereocenters. The summed E-state index contributed by atoms with van der Waals surface area (Å²) in [7, 11) is 0. The fraction of sp³-hybridized carbons (Fsp3) is 0. The molecule has 0 amide bonds. The number of rotatable bonds is 3. The zero-order valence-corrected chi connectivity index (χ0v) is 28.4. The smallest absolute Gasteiger partial charge is 0.434 e. The summed E-state index contributed by atoms with van der Waals surface area (Å²) < 4.78 is 22.6. The Morgan fingerprint density at radius 1 is 0.434 bits per heavy atom. The summed E-state index contributed by atoms with van der Waals surface area (Å²) in [6, 6.07) is 59.9. The number of benzene rings is 8. The molecule has 246 valence electrons. The molecular weight excluding hydrogens is 649 g/mol. The normalized spacial score (nSPS) is 12.8. The molecule has 4 heterocycles. The van der Waals surface area contributed by atoms with Crippen molar-refractivity contribution in [1.29, 1.82) is 0 Å². The molecule has 2 aromatic heterocycles. The van der Waals surface area contributed by atoms with Crippen molar-refractivity contribution in [2.75, 3.05) is 0 Å². The quantitative estimate of drug-likeness (QED) is 0.175. The van der Waals surface area contributed by atoms with Gasteiger partial charge in [0.2, 0.25) is 0 Å². The average molecular weight is 678 g/mol. The van der Waals surface area contributed by atoms with Crippen LogP contribution in [0.15, 0.2) is 174 Å². The molecule has 0 aliphatic carbocycles. The fourth-order valence-electron chi connectivity index (χ4n) is 8.69. The number of ether oxygens (including phenoxy) is 1. The summed E-state index contributed by atoms with van der Waals surface area (Å²) in [6.07, 6.45) is 0. The predicted molar refractivity (Wildman–Crippen MR) is 217 cm³/mol. The van der Waals surface area contributed by atoms with Crippen LogP contribution in [0.4, 0.5) is 0 Å². The summed E-state index contributed by atoms with van der Waals surface area (Å²) in [4.78, 5) is 0. The Morgan fingerprint density at radius 3 is 1.98 bits per heavy atom. The molecule has 0 saturated carbocycles. The molecule has 0 saturated heterocycles. The van der Waals surface area contributed by atoms with Gasteiger partial charge >= 0.3 is 6.92 Å². The molecule has 0 bridgehead atoms. The van der Waals surface area contributed by atoms with E-state index in [1.54, 1.807) is 0 Å². The molecule has 0 N–H and O–H groups in total. The first kappa shape index (κ1) is 28.7. The molecule has 0 fully saturated rings.